The number of sulfonamides is 1. The molecule has 112 valence electrons. The van der Waals surface area contributed by atoms with E-state index in [9.17, 15) is 16.8 Å². The maximum Gasteiger partial charge on any atom is 0.294 e. The molecule has 0 aromatic heterocycles. The van der Waals surface area contributed by atoms with Crippen LogP contribution in [0.3, 0.4) is 0 Å². The van der Waals surface area contributed by atoms with Crippen LogP contribution in [0.15, 0.2) is 58.3 Å². The molecule has 2 aromatic carbocycles. The summed E-state index contributed by atoms with van der Waals surface area (Å²) >= 11 is 0. The summed E-state index contributed by atoms with van der Waals surface area (Å²) in [6, 6.07) is 11.1. The van der Waals surface area contributed by atoms with E-state index in [1.54, 1.807) is 12.1 Å². The molecule has 0 saturated heterocycles. The van der Waals surface area contributed by atoms with Crippen molar-refractivity contribution in [2.45, 2.75) is 16.7 Å². The maximum absolute atomic E-state index is 12.1. The number of anilines is 1. The standard InChI is InChI=1S/C13H13NO5S2/c1-10-2-6-12(7-3-10)20(15,16)14-11-4-8-13(9-5-11)21(17,18)19/h2-9,14H,1H3,(H,17,18,19). The van der Waals surface area contributed by atoms with Gasteiger partial charge in [-0.2, -0.15) is 8.42 Å². The Kier molecular flexibility index (Phi) is 4.04. The van der Waals surface area contributed by atoms with Crippen molar-refractivity contribution in [3.63, 3.8) is 0 Å². The van der Waals surface area contributed by atoms with Crippen molar-refractivity contribution in [2.24, 2.45) is 0 Å². The first kappa shape index (κ1) is 15.5. The van der Waals surface area contributed by atoms with Crippen LogP contribution in [0.2, 0.25) is 0 Å². The number of hydrogen-bond donors (Lipinski definition) is 2. The van der Waals surface area contributed by atoms with Gasteiger partial charge >= 0.3 is 0 Å². The largest absolute Gasteiger partial charge is 0.294 e. The molecular formula is C13H13NO5S2. The number of nitrogens with one attached hydrogen (secondary N) is 1. The van der Waals surface area contributed by atoms with E-state index in [-0.39, 0.29) is 15.5 Å². The van der Waals surface area contributed by atoms with Crippen molar-refractivity contribution in [2.75, 3.05) is 4.72 Å². The highest BCUT2D eigenvalue weighted by Gasteiger charge is 2.15. The molecule has 6 nitrogen and oxygen atoms in total. The first-order chi connectivity index (χ1) is 9.68. The van der Waals surface area contributed by atoms with Crippen LogP contribution in [0.25, 0.3) is 0 Å². The first-order valence-electron chi connectivity index (χ1n) is 5.85. The zero-order valence-electron chi connectivity index (χ0n) is 11.0. The van der Waals surface area contributed by atoms with Gasteiger partial charge in [0.1, 0.15) is 0 Å². The zero-order valence-corrected chi connectivity index (χ0v) is 12.6. The lowest BCUT2D eigenvalue weighted by Crippen LogP contribution is -2.13. The monoisotopic (exact) mass is 327 g/mol. The van der Waals surface area contributed by atoms with E-state index in [0.29, 0.717) is 0 Å². The topological polar surface area (TPSA) is 101 Å². The Balaban J connectivity index is 2.27. The molecule has 2 aromatic rings. The minimum atomic E-state index is -4.30. The van der Waals surface area contributed by atoms with Gasteiger partial charge in [-0.25, -0.2) is 8.42 Å². The van der Waals surface area contributed by atoms with Crippen LogP contribution in [0.1, 0.15) is 5.56 Å². The van der Waals surface area contributed by atoms with E-state index in [2.05, 4.69) is 4.72 Å². The first-order valence-corrected chi connectivity index (χ1v) is 8.78. The van der Waals surface area contributed by atoms with E-state index in [0.717, 1.165) is 17.7 Å². The number of benzene rings is 2. The van der Waals surface area contributed by atoms with Gasteiger partial charge in [-0.1, -0.05) is 17.7 Å². The van der Waals surface area contributed by atoms with Gasteiger partial charge in [0, 0.05) is 5.69 Å². The number of aryl methyl sites for hydroxylation is 1. The Morgan fingerprint density at radius 2 is 1.29 bits per heavy atom. The molecule has 2 rings (SSSR count). The smallest absolute Gasteiger partial charge is 0.282 e. The number of rotatable bonds is 4. The predicted octanol–water partition coefficient (Wildman–Crippen LogP) is 2.04. The van der Waals surface area contributed by atoms with E-state index < -0.39 is 20.1 Å². The van der Waals surface area contributed by atoms with Gasteiger partial charge in [-0.3, -0.25) is 9.27 Å². The molecule has 0 fully saturated rings. The molecule has 0 unspecified atom stereocenters. The fourth-order valence-corrected chi connectivity index (χ4v) is 3.17. The highest BCUT2D eigenvalue weighted by Crippen LogP contribution is 2.18. The molecule has 0 aliphatic carbocycles. The third-order valence-electron chi connectivity index (χ3n) is 2.74. The summed E-state index contributed by atoms with van der Waals surface area (Å²) in [5.41, 5.74) is 1.13. The molecule has 8 heteroatoms. The average Bonchev–Trinajstić information content (AvgIpc) is 2.38. The average molecular weight is 327 g/mol. The van der Waals surface area contributed by atoms with Crippen molar-refractivity contribution < 1.29 is 21.4 Å². The Morgan fingerprint density at radius 1 is 0.810 bits per heavy atom. The van der Waals surface area contributed by atoms with Crippen LogP contribution < -0.4 is 4.72 Å². The van der Waals surface area contributed by atoms with Crippen molar-refractivity contribution in [1.29, 1.82) is 0 Å². The summed E-state index contributed by atoms with van der Waals surface area (Å²) < 4.78 is 57.2. The molecule has 21 heavy (non-hydrogen) atoms. The second-order valence-electron chi connectivity index (χ2n) is 4.42. The van der Waals surface area contributed by atoms with Gasteiger partial charge < -0.3 is 0 Å². The third-order valence-corrected chi connectivity index (χ3v) is 5.00. The molecule has 0 aliphatic heterocycles. The van der Waals surface area contributed by atoms with Gasteiger partial charge in [0.05, 0.1) is 9.79 Å². The van der Waals surface area contributed by atoms with Crippen LogP contribution in [0, 0.1) is 6.92 Å². The Hall–Kier alpha value is -1.90. The molecule has 0 aliphatic rings. The highest BCUT2D eigenvalue weighted by molar-refractivity contribution is 7.92. The molecule has 0 amide bonds. The summed E-state index contributed by atoms with van der Waals surface area (Å²) in [4.78, 5) is -0.201. The summed E-state index contributed by atoms with van der Waals surface area (Å²) in [7, 11) is -8.04. The van der Waals surface area contributed by atoms with Gasteiger partial charge in [0.25, 0.3) is 20.1 Å². The van der Waals surface area contributed by atoms with Gasteiger partial charge in [-0.15, -0.1) is 0 Å². The molecule has 0 atom stereocenters. The summed E-state index contributed by atoms with van der Waals surface area (Å²) in [5.74, 6) is 0. The minimum absolute atomic E-state index is 0.104. The zero-order chi connectivity index (χ0) is 15.7. The molecular weight excluding hydrogens is 314 g/mol. The Morgan fingerprint density at radius 3 is 1.76 bits per heavy atom. The Bertz CT molecular complexity index is 838. The predicted molar refractivity (Wildman–Crippen MR) is 78.2 cm³/mol. The molecule has 0 spiro atoms. The van der Waals surface area contributed by atoms with Crippen LogP contribution in [-0.2, 0) is 20.1 Å². The van der Waals surface area contributed by atoms with Crippen molar-refractivity contribution >= 4 is 25.8 Å². The maximum atomic E-state index is 12.1. The van der Waals surface area contributed by atoms with Crippen LogP contribution >= 0.6 is 0 Å². The third kappa shape index (κ3) is 3.81. The quantitative estimate of drug-likeness (QED) is 0.837. The van der Waals surface area contributed by atoms with E-state index in [1.807, 2.05) is 6.92 Å². The fraction of sp³-hybridized carbons (Fsp3) is 0.0769. The molecule has 0 heterocycles. The van der Waals surface area contributed by atoms with E-state index in [4.69, 9.17) is 4.55 Å². The SMILES string of the molecule is Cc1ccc(S(=O)(=O)Nc2ccc(S(=O)(=O)O)cc2)cc1. The molecule has 0 saturated carbocycles. The van der Waals surface area contributed by atoms with E-state index in [1.165, 1.54) is 24.3 Å². The van der Waals surface area contributed by atoms with Gasteiger partial charge in [0.15, 0.2) is 0 Å². The highest BCUT2D eigenvalue weighted by atomic mass is 32.2. The summed E-state index contributed by atoms with van der Waals surface area (Å²) in [6.45, 7) is 1.85. The van der Waals surface area contributed by atoms with Crippen LogP contribution in [0.4, 0.5) is 5.69 Å². The van der Waals surface area contributed by atoms with Crippen molar-refractivity contribution in [1.82, 2.24) is 0 Å². The van der Waals surface area contributed by atoms with E-state index >= 15 is 0 Å². The fourth-order valence-electron chi connectivity index (χ4n) is 1.63. The lowest BCUT2D eigenvalue weighted by atomic mass is 10.2. The molecule has 0 bridgehead atoms. The Labute approximate surface area is 123 Å². The molecule has 2 N–H and O–H groups in total. The number of hydrogen-bond acceptors (Lipinski definition) is 4. The van der Waals surface area contributed by atoms with Crippen molar-refractivity contribution in [3.05, 3.63) is 54.1 Å². The summed E-state index contributed by atoms with van der Waals surface area (Å²) in [6.07, 6.45) is 0. The summed E-state index contributed by atoms with van der Waals surface area (Å²) in [5, 5.41) is 0. The van der Waals surface area contributed by atoms with Gasteiger partial charge in [-0.05, 0) is 43.3 Å². The van der Waals surface area contributed by atoms with Crippen molar-refractivity contribution in [3.8, 4) is 0 Å². The second-order valence-corrected chi connectivity index (χ2v) is 7.52. The normalized spacial score (nSPS) is 12.1. The van der Waals surface area contributed by atoms with Crippen LogP contribution in [0.5, 0.6) is 0 Å². The lowest BCUT2D eigenvalue weighted by molar-refractivity contribution is 0.483. The second kappa shape index (κ2) is 5.47. The molecule has 0 radical (unpaired) electrons. The van der Waals surface area contributed by atoms with Gasteiger partial charge in [0.2, 0.25) is 0 Å². The minimum Gasteiger partial charge on any atom is -0.282 e. The van der Waals surface area contributed by atoms with Crippen LogP contribution in [-0.4, -0.2) is 21.4 Å². The lowest BCUT2D eigenvalue weighted by Gasteiger charge is -2.08.